The molecule has 1 amide bonds. The first-order chi connectivity index (χ1) is 7.81. The summed E-state index contributed by atoms with van der Waals surface area (Å²) >= 11 is 1.42. The number of carbonyl (C=O) groups excluding carboxylic acids is 1. The summed E-state index contributed by atoms with van der Waals surface area (Å²) < 4.78 is 0. The topological polar surface area (TPSA) is 83.6 Å². The van der Waals surface area contributed by atoms with Gasteiger partial charge < -0.3 is 0 Å². The Bertz CT molecular complexity index is 484. The van der Waals surface area contributed by atoms with Gasteiger partial charge in [0.15, 0.2) is 0 Å². The first-order valence-corrected chi connectivity index (χ1v) is 5.69. The summed E-state index contributed by atoms with van der Waals surface area (Å²) in [6.45, 7) is 0. The predicted octanol–water partition coefficient (Wildman–Crippen LogP) is 1.17. The van der Waals surface area contributed by atoms with E-state index in [4.69, 9.17) is 0 Å². The maximum absolute atomic E-state index is 11.8. The fourth-order valence-electron chi connectivity index (χ4n) is 1.17. The molecule has 7 heteroatoms. The van der Waals surface area contributed by atoms with Gasteiger partial charge in [-0.25, -0.2) is 10.1 Å². The Labute approximate surface area is 95.9 Å². The number of rotatable bonds is 3. The highest BCUT2D eigenvalue weighted by Crippen LogP contribution is 2.17. The van der Waals surface area contributed by atoms with Gasteiger partial charge in [0.05, 0.1) is 5.56 Å². The SMILES string of the molecule is CSc1ncccc1C(=O)Nc1ncn[nH]1. The van der Waals surface area contributed by atoms with Gasteiger partial charge in [-0.05, 0) is 18.4 Å². The molecule has 82 valence electrons. The fraction of sp³-hybridized carbons (Fsp3) is 0.111. The van der Waals surface area contributed by atoms with Crippen molar-refractivity contribution in [2.24, 2.45) is 0 Å². The van der Waals surface area contributed by atoms with E-state index in [2.05, 4.69) is 25.5 Å². The number of anilines is 1. The highest BCUT2D eigenvalue weighted by Gasteiger charge is 2.12. The number of thioether (sulfide) groups is 1. The van der Waals surface area contributed by atoms with Gasteiger partial charge in [0.1, 0.15) is 11.4 Å². The van der Waals surface area contributed by atoms with E-state index in [1.165, 1.54) is 18.1 Å². The first-order valence-electron chi connectivity index (χ1n) is 4.47. The Morgan fingerprint density at radius 1 is 1.50 bits per heavy atom. The van der Waals surface area contributed by atoms with E-state index < -0.39 is 0 Å². The van der Waals surface area contributed by atoms with Crippen molar-refractivity contribution in [3.05, 3.63) is 30.2 Å². The van der Waals surface area contributed by atoms with Crippen molar-refractivity contribution in [3.8, 4) is 0 Å². The van der Waals surface area contributed by atoms with Gasteiger partial charge in [-0.15, -0.1) is 11.8 Å². The lowest BCUT2D eigenvalue weighted by Crippen LogP contribution is -2.14. The van der Waals surface area contributed by atoms with Crippen LogP contribution in [0.5, 0.6) is 0 Å². The summed E-state index contributed by atoms with van der Waals surface area (Å²) in [7, 11) is 0. The molecule has 2 rings (SSSR count). The van der Waals surface area contributed by atoms with Crippen LogP contribution in [0.4, 0.5) is 5.95 Å². The molecule has 0 radical (unpaired) electrons. The fourth-order valence-corrected chi connectivity index (χ4v) is 1.71. The van der Waals surface area contributed by atoms with Crippen LogP contribution in [-0.2, 0) is 0 Å². The van der Waals surface area contributed by atoms with E-state index in [1.54, 1.807) is 18.3 Å². The third-order valence-electron chi connectivity index (χ3n) is 1.86. The molecule has 0 atom stereocenters. The number of H-pyrrole nitrogens is 1. The average Bonchev–Trinajstić information content (AvgIpc) is 2.81. The Kier molecular flexibility index (Phi) is 3.16. The molecule has 0 saturated carbocycles. The van der Waals surface area contributed by atoms with E-state index >= 15 is 0 Å². The molecule has 0 fully saturated rings. The number of aromatic nitrogens is 4. The summed E-state index contributed by atoms with van der Waals surface area (Å²) in [6, 6.07) is 3.43. The molecular formula is C9H9N5OS. The molecule has 6 nitrogen and oxygen atoms in total. The van der Waals surface area contributed by atoms with E-state index in [9.17, 15) is 4.79 Å². The zero-order chi connectivity index (χ0) is 11.4. The molecule has 0 aliphatic heterocycles. The minimum absolute atomic E-state index is 0.255. The molecule has 2 aromatic heterocycles. The maximum Gasteiger partial charge on any atom is 0.260 e. The Balaban J connectivity index is 2.21. The van der Waals surface area contributed by atoms with Gasteiger partial charge in [0.25, 0.3) is 5.91 Å². The van der Waals surface area contributed by atoms with E-state index in [0.717, 1.165) is 0 Å². The van der Waals surface area contributed by atoms with Crippen LogP contribution >= 0.6 is 11.8 Å². The molecule has 0 aliphatic rings. The predicted molar refractivity (Wildman–Crippen MR) is 60.4 cm³/mol. The molecule has 0 spiro atoms. The lowest BCUT2D eigenvalue weighted by Gasteiger charge is -2.04. The second-order valence-corrected chi connectivity index (χ2v) is 3.64. The number of hydrogen-bond acceptors (Lipinski definition) is 5. The van der Waals surface area contributed by atoms with Gasteiger partial charge >= 0.3 is 0 Å². The van der Waals surface area contributed by atoms with Crippen molar-refractivity contribution in [1.82, 2.24) is 20.2 Å². The zero-order valence-corrected chi connectivity index (χ0v) is 9.28. The van der Waals surface area contributed by atoms with Crippen LogP contribution in [0.2, 0.25) is 0 Å². The molecule has 16 heavy (non-hydrogen) atoms. The molecule has 2 N–H and O–H groups in total. The van der Waals surface area contributed by atoms with E-state index in [1.807, 2.05) is 6.26 Å². The van der Waals surface area contributed by atoms with E-state index in [-0.39, 0.29) is 5.91 Å². The van der Waals surface area contributed by atoms with Crippen molar-refractivity contribution < 1.29 is 4.79 Å². The smallest absolute Gasteiger partial charge is 0.260 e. The molecule has 0 aliphatic carbocycles. The van der Waals surface area contributed by atoms with Gasteiger partial charge in [-0.2, -0.15) is 10.1 Å². The number of hydrogen-bond donors (Lipinski definition) is 2. The van der Waals surface area contributed by atoms with Crippen molar-refractivity contribution >= 4 is 23.6 Å². The first kappa shape index (κ1) is 10.6. The third-order valence-corrected chi connectivity index (χ3v) is 2.57. The summed E-state index contributed by atoms with van der Waals surface area (Å²) in [5.74, 6) is 0.0649. The monoisotopic (exact) mass is 235 g/mol. The molecule has 0 saturated heterocycles. The minimum Gasteiger partial charge on any atom is -0.291 e. The summed E-state index contributed by atoms with van der Waals surface area (Å²) in [4.78, 5) is 19.8. The van der Waals surface area contributed by atoms with Crippen molar-refractivity contribution in [2.45, 2.75) is 5.03 Å². The van der Waals surface area contributed by atoms with Crippen LogP contribution in [0.1, 0.15) is 10.4 Å². The molecule has 0 aromatic carbocycles. The van der Waals surface area contributed by atoms with Gasteiger partial charge in [0.2, 0.25) is 5.95 Å². The van der Waals surface area contributed by atoms with Crippen LogP contribution in [0, 0.1) is 0 Å². The Hall–Kier alpha value is -1.89. The van der Waals surface area contributed by atoms with Crippen LogP contribution in [0.25, 0.3) is 0 Å². The number of pyridine rings is 1. The van der Waals surface area contributed by atoms with Crippen LogP contribution in [0.3, 0.4) is 0 Å². The van der Waals surface area contributed by atoms with Crippen molar-refractivity contribution in [1.29, 1.82) is 0 Å². The highest BCUT2D eigenvalue weighted by molar-refractivity contribution is 7.98. The van der Waals surface area contributed by atoms with Crippen LogP contribution in [-0.4, -0.2) is 32.3 Å². The Morgan fingerprint density at radius 2 is 2.38 bits per heavy atom. The lowest BCUT2D eigenvalue weighted by atomic mass is 10.3. The molecule has 2 heterocycles. The standard InChI is InChI=1S/C9H9N5OS/c1-16-8-6(3-2-4-10-8)7(15)13-9-11-5-12-14-9/h2-5H,1H3,(H2,11,12,13,14,15). The minimum atomic E-state index is -0.255. The summed E-state index contributed by atoms with van der Waals surface area (Å²) in [5, 5.41) is 9.47. The second kappa shape index (κ2) is 4.75. The maximum atomic E-state index is 11.8. The molecule has 0 bridgehead atoms. The van der Waals surface area contributed by atoms with Crippen molar-refractivity contribution in [3.63, 3.8) is 0 Å². The quantitative estimate of drug-likeness (QED) is 0.780. The Morgan fingerprint density at radius 3 is 3.06 bits per heavy atom. The van der Waals surface area contributed by atoms with Crippen LogP contribution < -0.4 is 5.32 Å². The third kappa shape index (κ3) is 2.19. The zero-order valence-electron chi connectivity index (χ0n) is 8.47. The number of nitrogens with one attached hydrogen (secondary N) is 2. The normalized spacial score (nSPS) is 10.1. The average molecular weight is 235 g/mol. The summed E-state index contributed by atoms with van der Waals surface area (Å²) in [5.41, 5.74) is 0.520. The van der Waals surface area contributed by atoms with Gasteiger partial charge in [-0.3, -0.25) is 10.1 Å². The van der Waals surface area contributed by atoms with Gasteiger partial charge in [0, 0.05) is 6.20 Å². The van der Waals surface area contributed by atoms with Crippen molar-refractivity contribution in [2.75, 3.05) is 11.6 Å². The molecule has 0 unspecified atom stereocenters. The van der Waals surface area contributed by atoms with Crippen LogP contribution in [0.15, 0.2) is 29.7 Å². The molecule has 2 aromatic rings. The second-order valence-electron chi connectivity index (χ2n) is 2.85. The van der Waals surface area contributed by atoms with Gasteiger partial charge in [-0.1, -0.05) is 0 Å². The molecular weight excluding hydrogens is 226 g/mol. The lowest BCUT2D eigenvalue weighted by molar-refractivity contribution is 0.102. The highest BCUT2D eigenvalue weighted by atomic mass is 32.2. The largest absolute Gasteiger partial charge is 0.291 e. The number of amides is 1. The number of nitrogens with zero attached hydrogens (tertiary/aromatic N) is 3. The number of carbonyl (C=O) groups is 1. The summed E-state index contributed by atoms with van der Waals surface area (Å²) in [6.07, 6.45) is 4.85. The van der Waals surface area contributed by atoms with E-state index in [0.29, 0.717) is 16.5 Å². The number of aromatic amines is 1.